The first-order valence-corrected chi connectivity index (χ1v) is 10.1. The number of Topliss-reactive ketones (excluding diaryl/α,β-unsaturated/α-hetero) is 1. The number of methoxy groups -OCH3 is 2. The first-order valence-electron chi connectivity index (χ1n) is 10.1. The fourth-order valence-corrected chi connectivity index (χ4v) is 3.86. The topological polar surface area (TPSA) is 89.0 Å². The lowest BCUT2D eigenvalue weighted by Gasteiger charge is -2.26. The molecule has 0 radical (unpaired) electrons. The standard InChI is InChI=1S/C25H21FN2O5/c1-32-19-10-7-17(12-20(19)33-2)22-21(23(29)16-5-8-18(26)9-6-16)24(30)25(31)28(22)14-15-4-3-11-27-13-15/h3-13,22,29H,14H2,1-2H3/t22-/m1/s1. The Morgan fingerprint density at radius 1 is 1.06 bits per heavy atom. The number of amides is 1. The lowest BCUT2D eigenvalue weighted by atomic mass is 9.95. The van der Waals surface area contributed by atoms with Crippen molar-refractivity contribution in [1.29, 1.82) is 0 Å². The van der Waals surface area contributed by atoms with E-state index in [-0.39, 0.29) is 23.4 Å². The van der Waals surface area contributed by atoms with Crippen LogP contribution in [0.3, 0.4) is 0 Å². The number of aliphatic hydroxyl groups excluding tert-OH is 1. The number of nitrogens with zero attached hydrogens (tertiary/aromatic N) is 2. The number of likely N-dealkylation sites (tertiary alicyclic amines) is 1. The van der Waals surface area contributed by atoms with E-state index in [4.69, 9.17) is 9.47 Å². The Bertz CT molecular complexity index is 1230. The van der Waals surface area contributed by atoms with E-state index in [9.17, 15) is 19.1 Å². The summed E-state index contributed by atoms with van der Waals surface area (Å²) in [5, 5.41) is 11.0. The molecule has 4 rings (SSSR count). The molecular weight excluding hydrogens is 427 g/mol. The average Bonchev–Trinajstić information content (AvgIpc) is 3.09. The molecule has 0 spiro atoms. The van der Waals surface area contributed by atoms with Gasteiger partial charge in [-0.05, 0) is 53.6 Å². The van der Waals surface area contributed by atoms with E-state index in [0.717, 1.165) is 0 Å². The van der Waals surface area contributed by atoms with Crippen molar-refractivity contribution in [2.45, 2.75) is 12.6 Å². The Balaban J connectivity index is 1.89. The van der Waals surface area contributed by atoms with Crippen LogP contribution in [0.4, 0.5) is 4.39 Å². The van der Waals surface area contributed by atoms with E-state index in [1.54, 1.807) is 42.7 Å². The number of carbonyl (C=O) groups excluding carboxylic acids is 2. The molecule has 2 heterocycles. The molecule has 1 saturated heterocycles. The zero-order valence-electron chi connectivity index (χ0n) is 18.0. The predicted molar refractivity (Wildman–Crippen MR) is 118 cm³/mol. The molecule has 2 aromatic carbocycles. The van der Waals surface area contributed by atoms with Crippen LogP contribution in [0.25, 0.3) is 5.76 Å². The molecule has 1 amide bonds. The predicted octanol–water partition coefficient (Wildman–Crippen LogP) is 3.86. The van der Waals surface area contributed by atoms with Gasteiger partial charge in [0, 0.05) is 24.5 Å². The van der Waals surface area contributed by atoms with Crippen LogP contribution >= 0.6 is 0 Å². The van der Waals surface area contributed by atoms with E-state index in [2.05, 4.69) is 4.98 Å². The maximum absolute atomic E-state index is 13.4. The van der Waals surface area contributed by atoms with Gasteiger partial charge in [0.2, 0.25) is 0 Å². The summed E-state index contributed by atoms with van der Waals surface area (Å²) in [6, 6.07) is 12.7. The maximum Gasteiger partial charge on any atom is 0.295 e. The minimum absolute atomic E-state index is 0.0947. The molecule has 1 N–H and O–H groups in total. The van der Waals surface area contributed by atoms with Crippen molar-refractivity contribution in [2.24, 2.45) is 0 Å². The van der Waals surface area contributed by atoms with Gasteiger partial charge in [-0.15, -0.1) is 0 Å². The molecule has 0 saturated carbocycles. The summed E-state index contributed by atoms with van der Waals surface area (Å²) in [5.41, 5.74) is 1.38. The van der Waals surface area contributed by atoms with Crippen molar-refractivity contribution < 1.29 is 28.6 Å². The number of hydrogen-bond donors (Lipinski definition) is 1. The van der Waals surface area contributed by atoms with Crippen molar-refractivity contribution in [1.82, 2.24) is 9.88 Å². The maximum atomic E-state index is 13.4. The first kappa shape index (κ1) is 22.0. The van der Waals surface area contributed by atoms with Crippen LogP contribution in [0, 0.1) is 5.82 Å². The van der Waals surface area contributed by atoms with Gasteiger partial charge in [0.15, 0.2) is 11.5 Å². The normalized spacial score (nSPS) is 17.3. The van der Waals surface area contributed by atoms with Crippen molar-refractivity contribution in [3.63, 3.8) is 0 Å². The highest BCUT2D eigenvalue weighted by Crippen LogP contribution is 2.42. The summed E-state index contributed by atoms with van der Waals surface area (Å²) in [6.07, 6.45) is 3.21. The van der Waals surface area contributed by atoms with Gasteiger partial charge in [-0.1, -0.05) is 12.1 Å². The summed E-state index contributed by atoms with van der Waals surface area (Å²) in [6.45, 7) is 0.0949. The highest BCUT2D eigenvalue weighted by Gasteiger charge is 2.46. The Hall–Kier alpha value is -4.20. The molecule has 0 unspecified atom stereocenters. The van der Waals surface area contributed by atoms with Crippen LogP contribution in [0.1, 0.15) is 22.7 Å². The molecule has 7 nitrogen and oxygen atoms in total. The summed E-state index contributed by atoms with van der Waals surface area (Å²) in [7, 11) is 2.98. The number of benzene rings is 2. The molecule has 0 bridgehead atoms. The van der Waals surface area contributed by atoms with Crippen molar-refractivity contribution in [3.8, 4) is 11.5 Å². The molecule has 1 aliphatic heterocycles. The molecule has 8 heteroatoms. The molecule has 3 aromatic rings. The number of rotatable bonds is 6. The van der Waals surface area contributed by atoms with E-state index >= 15 is 0 Å². The third-order valence-corrected chi connectivity index (χ3v) is 5.46. The van der Waals surface area contributed by atoms with Crippen molar-refractivity contribution in [2.75, 3.05) is 14.2 Å². The quantitative estimate of drug-likeness (QED) is 0.350. The molecular formula is C25H21FN2O5. The Morgan fingerprint density at radius 2 is 1.79 bits per heavy atom. The lowest BCUT2D eigenvalue weighted by Crippen LogP contribution is -2.29. The largest absolute Gasteiger partial charge is 0.507 e. The number of pyridine rings is 1. The van der Waals surface area contributed by atoms with Crippen LogP contribution in [-0.4, -0.2) is 40.9 Å². The van der Waals surface area contributed by atoms with E-state index in [1.165, 1.54) is 43.4 Å². The van der Waals surface area contributed by atoms with Gasteiger partial charge in [-0.25, -0.2) is 4.39 Å². The Labute approximate surface area is 189 Å². The highest BCUT2D eigenvalue weighted by atomic mass is 19.1. The summed E-state index contributed by atoms with van der Waals surface area (Å²) >= 11 is 0. The first-order chi connectivity index (χ1) is 15.9. The van der Waals surface area contributed by atoms with Gasteiger partial charge in [-0.3, -0.25) is 14.6 Å². The second-order valence-corrected chi connectivity index (χ2v) is 7.41. The fraction of sp³-hybridized carbons (Fsp3) is 0.160. The minimum atomic E-state index is -0.907. The van der Waals surface area contributed by atoms with Gasteiger partial charge in [0.1, 0.15) is 11.6 Å². The average molecular weight is 448 g/mol. The van der Waals surface area contributed by atoms with E-state index in [0.29, 0.717) is 22.6 Å². The van der Waals surface area contributed by atoms with Crippen LogP contribution in [0.2, 0.25) is 0 Å². The number of hydrogen-bond acceptors (Lipinski definition) is 6. The summed E-state index contributed by atoms with van der Waals surface area (Å²) in [4.78, 5) is 31.6. The molecule has 0 aliphatic carbocycles. The lowest BCUT2D eigenvalue weighted by molar-refractivity contribution is -0.140. The Kier molecular flexibility index (Phi) is 6.08. The highest BCUT2D eigenvalue weighted by molar-refractivity contribution is 6.46. The number of aromatic nitrogens is 1. The molecule has 168 valence electrons. The van der Waals surface area contributed by atoms with Crippen LogP contribution in [0.15, 0.2) is 72.6 Å². The zero-order valence-corrected chi connectivity index (χ0v) is 18.0. The third-order valence-electron chi connectivity index (χ3n) is 5.46. The van der Waals surface area contributed by atoms with Crippen LogP contribution in [0.5, 0.6) is 11.5 Å². The van der Waals surface area contributed by atoms with E-state index in [1.807, 2.05) is 0 Å². The third kappa shape index (κ3) is 4.15. The monoisotopic (exact) mass is 448 g/mol. The van der Waals surface area contributed by atoms with Gasteiger partial charge < -0.3 is 19.5 Å². The molecule has 1 atom stereocenters. The zero-order chi connectivity index (χ0) is 23.5. The number of carbonyl (C=O) groups is 2. The minimum Gasteiger partial charge on any atom is -0.507 e. The van der Waals surface area contributed by atoms with Gasteiger partial charge in [-0.2, -0.15) is 0 Å². The van der Waals surface area contributed by atoms with E-state index < -0.39 is 23.5 Å². The number of aliphatic hydroxyl groups is 1. The summed E-state index contributed by atoms with van der Waals surface area (Å²) in [5.74, 6) is -1.59. The van der Waals surface area contributed by atoms with Gasteiger partial charge in [0.25, 0.3) is 11.7 Å². The smallest absolute Gasteiger partial charge is 0.295 e. The molecule has 1 aromatic heterocycles. The number of ketones is 1. The van der Waals surface area contributed by atoms with Crippen molar-refractivity contribution >= 4 is 17.4 Å². The molecule has 33 heavy (non-hydrogen) atoms. The summed E-state index contributed by atoms with van der Waals surface area (Å²) < 4.78 is 24.1. The number of ether oxygens (including phenoxy) is 2. The molecule has 1 aliphatic rings. The van der Waals surface area contributed by atoms with Crippen LogP contribution < -0.4 is 9.47 Å². The van der Waals surface area contributed by atoms with Gasteiger partial charge >= 0.3 is 0 Å². The second kappa shape index (κ2) is 9.12. The number of halogens is 1. The second-order valence-electron chi connectivity index (χ2n) is 7.41. The van der Waals surface area contributed by atoms with Crippen molar-refractivity contribution in [3.05, 3.63) is 95.1 Å². The fourth-order valence-electron chi connectivity index (χ4n) is 3.86. The van der Waals surface area contributed by atoms with Crippen LogP contribution in [-0.2, 0) is 16.1 Å². The molecule has 1 fully saturated rings. The Morgan fingerprint density at radius 3 is 2.42 bits per heavy atom. The van der Waals surface area contributed by atoms with Gasteiger partial charge in [0.05, 0.1) is 25.8 Å². The SMILES string of the molecule is COc1ccc([C@@H]2C(=C(O)c3ccc(F)cc3)C(=O)C(=O)N2Cc2cccnc2)cc1OC.